The van der Waals surface area contributed by atoms with Crippen LogP contribution in [-0.2, 0) is 4.79 Å². The van der Waals surface area contributed by atoms with Gasteiger partial charge in [0.25, 0.3) is 0 Å². The van der Waals surface area contributed by atoms with Gasteiger partial charge >= 0.3 is 0 Å². The second-order valence-electron chi connectivity index (χ2n) is 6.20. The lowest BCUT2D eigenvalue weighted by molar-refractivity contribution is -0.114. The number of anilines is 1. The molecule has 3 aromatic rings. The van der Waals surface area contributed by atoms with E-state index in [-0.39, 0.29) is 5.91 Å². The standard InChI is InChI=1S/C24H23NO/c1-3-23(19-10-6-4-7-11-19)24(20-12-8-5-9-13-20)21-14-16-22(17-15-21)25-18(2)26/h4-17H,3H2,1-2H3,(H,25,26)/b24-23+. The molecule has 0 atom stereocenters. The van der Waals surface area contributed by atoms with Gasteiger partial charge in [-0.25, -0.2) is 0 Å². The molecule has 2 heteroatoms. The third kappa shape index (κ3) is 4.09. The zero-order valence-corrected chi connectivity index (χ0v) is 15.2. The largest absolute Gasteiger partial charge is 0.326 e. The number of amides is 1. The van der Waals surface area contributed by atoms with Crippen LogP contribution in [0.2, 0.25) is 0 Å². The summed E-state index contributed by atoms with van der Waals surface area (Å²) in [6.45, 7) is 3.71. The number of rotatable bonds is 5. The average molecular weight is 341 g/mol. The minimum Gasteiger partial charge on any atom is -0.326 e. The van der Waals surface area contributed by atoms with Crippen molar-refractivity contribution in [1.82, 2.24) is 0 Å². The van der Waals surface area contributed by atoms with Gasteiger partial charge in [-0.3, -0.25) is 4.79 Å². The molecule has 0 bridgehead atoms. The van der Waals surface area contributed by atoms with Crippen LogP contribution in [0.5, 0.6) is 0 Å². The molecule has 1 amide bonds. The number of benzene rings is 3. The molecule has 0 aromatic heterocycles. The molecule has 2 nitrogen and oxygen atoms in total. The minimum absolute atomic E-state index is 0.0601. The van der Waals surface area contributed by atoms with Crippen LogP contribution in [0.3, 0.4) is 0 Å². The number of hydrogen-bond acceptors (Lipinski definition) is 1. The summed E-state index contributed by atoms with van der Waals surface area (Å²) < 4.78 is 0. The molecule has 3 rings (SSSR count). The molecule has 1 N–H and O–H groups in total. The summed E-state index contributed by atoms with van der Waals surface area (Å²) in [5.74, 6) is -0.0601. The van der Waals surface area contributed by atoms with Crippen LogP contribution < -0.4 is 5.32 Å². The van der Waals surface area contributed by atoms with Crippen molar-refractivity contribution < 1.29 is 4.79 Å². The maximum absolute atomic E-state index is 11.3. The Morgan fingerprint density at radius 3 is 1.73 bits per heavy atom. The Labute approximate surface area is 155 Å². The van der Waals surface area contributed by atoms with Crippen LogP contribution >= 0.6 is 0 Å². The number of carbonyl (C=O) groups is 1. The van der Waals surface area contributed by atoms with Crippen molar-refractivity contribution in [2.75, 3.05) is 5.32 Å². The van der Waals surface area contributed by atoms with E-state index in [0.29, 0.717) is 0 Å². The van der Waals surface area contributed by atoms with Crippen molar-refractivity contribution in [2.45, 2.75) is 20.3 Å². The normalized spacial score (nSPS) is 11.6. The fourth-order valence-corrected chi connectivity index (χ4v) is 3.21. The Bertz CT molecular complexity index is 894. The maximum Gasteiger partial charge on any atom is 0.221 e. The summed E-state index contributed by atoms with van der Waals surface area (Å²) in [7, 11) is 0. The van der Waals surface area contributed by atoms with E-state index >= 15 is 0 Å². The van der Waals surface area contributed by atoms with Crippen molar-refractivity contribution in [2.24, 2.45) is 0 Å². The molecule has 0 aliphatic carbocycles. The number of hydrogen-bond donors (Lipinski definition) is 1. The molecule has 0 saturated heterocycles. The quantitative estimate of drug-likeness (QED) is 0.565. The second-order valence-corrected chi connectivity index (χ2v) is 6.20. The Morgan fingerprint density at radius 1 is 0.731 bits per heavy atom. The van der Waals surface area contributed by atoms with Gasteiger partial charge < -0.3 is 5.32 Å². The number of carbonyl (C=O) groups excluding carboxylic acids is 1. The molecule has 130 valence electrons. The van der Waals surface area contributed by atoms with Gasteiger partial charge in [0.2, 0.25) is 5.91 Å². The molecule has 0 unspecified atom stereocenters. The van der Waals surface area contributed by atoms with E-state index in [2.05, 4.69) is 72.9 Å². The van der Waals surface area contributed by atoms with Crippen molar-refractivity contribution in [3.63, 3.8) is 0 Å². The van der Waals surface area contributed by atoms with E-state index in [1.54, 1.807) is 0 Å². The number of allylic oxidation sites excluding steroid dienone is 1. The molecule has 0 saturated carbocycles. The lowest BCUT2D eigenvalue weighted by Gasteiger charge is -2.16. The molecule has 26 heavy (non-hydrogen) atoms. The van der Waals surface area contributed by atoms with E-state index < -0.39 is 0 Å². The topological polar surface area (TPSA) is 29.1 Å². The molecule has 0 radical (unpaired) electrons. The third-order valence-corrected chi connectivity index (χ3v) is 4.33. The summed E-state index contributed by atoms with van der Waals surface area (Å²) in [5, 5.41) is 2.83. The molecule has 0 aliphatic rings. The highest BCUT2D eigenvalue weighted by molar-refractivity contribution is 5.99. The van der Waals surface area contributed by atoms with Gasteiger partial charge in [0, 0.05) is 12.6 Å². The van der Waals surface area contributed by atoms with Gasteiger partial charge in [0.1, 0.15) is 0 Å². The number of nitrogens with one attached hydrogen (secondary N) is 1. The first-order chi connectivity index (χ1) is 12.7. The highest BCUT2D eigenvalue weighted by Gasteiger charge is 2.12. The fourth-order valence-electron chi connectivity index (χ4n) is 3.21. The first kappa shape index (κ1) is 17.7. The third-order valence-electron chi connectivity index (χ3n) is 4.33. The SMILES string of the molecule is CC/C(=C(/c1ccccc1)c1ccc(NC(C)=O)cc1)c1ccccc1. The van der Waals surface area contributed by atoms with Gasteiger partial charge in [-0.2, -0.15) is 0 Å². The summed E-state index contributed by atoms with van der Waals surface area (Å²) in [4.78, 5) is 11.3. The minimum atomic E-state index is -0.0601. The van der Waals surface area contributed by atoms with Gasteiger partial charge in [-0.1, -0.05) is 79.7 Å². The van der Waals surface area contributed by atoms with Gasteiger partial charge in [-0.15, -0.1) is 0 Å². The highest BCUT2D eigenvalue weighted by Crippen LogP contribution is 2.34. The first-order valence-electron chi connectivity index (χ1n) is 8.91. The summed E-state index contributed by atoms with van der Waals surface area (Å²) in [6.07, 6.45) is 0.932. The first-order valence-corrected chi connectivity index (χ1v) is 8.91. The van der Waals surface area contributed by atoms with Crippen molar-refractivity contribution in [3.05, 3.63) is 102 Å². The zero-order chi connectivity index (χ0) is 18.4. The van der Waals surface area contributed by atoms with E-state index in [1.165, 1.54) is 29.2 Å². The molecule has 0 fully saturated rings. The van der Waals surface area contributed by atoms with Crippen molar-refractivity contribution >= 4 is 22.7 Å². The Kier molecular flexibility index (Phi) is 5.65. The van der Waals surface area contributed by atoms with Crippen LogP contribution in [0, 0.1) is 0 Å². The summed E-state index contributed by atoms with van der Waals surface area (Å²) in [5.41, 5.74) is 6.93. The van der Waals surface area contributed by atoms with Crippen LogP contribution in [0.1, 0.15) is 37.0 Å². The van der Waals surface area contributed by atoms with Gasteiger partial charge in [-0.05, 0) is 46.4 Å². The van der Waals surface area contributed by atoms with Crippen LogP contribution in [-0.4, -0.2) is 5.91 Å². The van der Waals surface area contributed by atoms with E-state index in [0.717, 1.165) is 17.7 Å². The highest BCUT2D eigenvalue weighted by atomic mass is 16.1. The lowest BCUT2D eigenvalue weighted by Crippen LogP contribution is -2.05. The van der Waals surface area contributed by atoms with E-state index in [1.807, 2.05) is 24.3 Å². The van der Waals surface area contributed by atoms with E-state index in [9.17, 15) is 4.79 Å². The Morgan fingerprint density at radius 2 is 1.23 bits per heavy atom. The smallest absolute Gasteiger partial charge is 0.221 e. The monoisotopic (exact) mass is 341 g/mol. The van der Waals surface area contributed by atoms with Crippen LogP contribution in [0.25, 0.3) is 11.1 Å². The molecule has 0 spiro atoms. The predicted octanol–water partition coefficient (Wildman–Crippen LogP) is 6.01. The van der Waals surface area contributed by atoms with Crippen molar-refractivity contribution in [3.8, 4) is 0 Å². The molecule has 0 aliphatic heterocycles. The van der Waals surface area contributed by atoms with Crippen molar-refractivity contribution in [1.29, 1.82) is 0 Å². The fraction of sp³-hybridized carbons (Fsp3) is 0.125. The molecule has 3 aromatic carbocycles. The maximum atomic E-state index is 11.3. The lowest BCUT2D eigenvalue weighted by atomic mass is 9.88. The second kappa shape index (κ2) is 8.30. The Balaban J connectivity index is 2.16. The average Bonchev–Trinajstić information content (AvgIpc) is 2.68. The van der Waals surface area contributed by atoms with Crippen LogP contribution in [0.4, 0.5) is 5.69 Å². The summed E-state index contributed by atoms with van der Waals surface area (Å²) >= 11 is 0. The molecular weight excluding hydrogens is 318 g/mol. The summed E-state index contributed by atoms with van der Waals surface area (Å²) in [6, 6.07) is 29.1. The van der Waals surface area contributed by atoms with Crippen LogP contribution in [0.15, 0.2) is 84.9 Å². The zero-order valence-electron chi connectivity index (χ0n) is 15.2. The molecular formula is C24H23NO. The van der Waals surface area contributed by atoms with Gasteiger partial charge in [0.15, 0.2) is 0 Å². The molecule has 0 heterocycles. The predicted molar refractivity (Wildman–Crippen MR) is 110 cm³/mol. The van der Waals surface area contributed by atoms with Gasteiger partial charge in [0.05, 0.1) is 0 Å². The van der Waals surface area contributed by atoms with E-state index in [4.69, 9.17) is 0 Å². The Hall–Kier alpha value is -3.13.